The van der Waals surface area contributed by atoms with E-state index in [1.165, 1.54) is 36.4 Å². The van der Waals surface area contributed by atoms with Crippen molar-refractivity contribution in [3.63, 3.8) is 0 Å². The SMILES string of the molecule is O=[N+]([O-])c1ccc(N2CCC(c3cc(Cl)cc(Cl)c3)(C(F)(F)F)C2)c(Br)c1. The number of benzene rings is 2. The average Bonchev–Trinajstić information content (AvgIpc) is 3.00. The lowest BCUT2D eigenvalue weighted by Gasteiger charge is -2.33. The number of nitro benzene ring substituents is 1. The number of rotatable bonds is 3. The molecule has 1 unspecified atom stereocenters. The molecule has 3 rings (SSSR count). The molecule has 10 heteroatoms. The summed E-state index contributed by atoms with van der Waals surface area (Å²) in [7, 11) is 0. The molecular formula is C17H12BrCl2F3N2O2. The Bertz CT molecular complexity index is 890. The van der Waals surface area contributed by atoms with Crippen LogP contribution in [0.2, 0.25) is 10.0 Å². The van der Waals surface area contributed by atoms with Crippen molar-refractivity contribution in [2.45, 2.75) is 18.0 Å². The maximum Gasteiger partial charge on any atom is 0.400 e. The standard InChI is InChI=1S/C17H12BrCl2F3N2O2/c18-14-8-13(25(26)27)1-2-15(14)24-4-3-16(9-24,17(21,22)23)10-5-11(19)7-12(20)6-10/h1-2,5-8H,3-4,9H2. The Morgan fingerprint density at radius 2 is 1.78 bits per heavy atom. The molecular weight excluding hydrogens is 472 g/mol. The molecule has 1 atom stereocenters. The van der Waals surface area contributed by atoms with Gasteiger partial charge in [-0.05, 0) is 52.2 Å². The second kappa shape index (κ2) is 7.14. The van der Waals surface area contributed by atoms with Gasteiger partial charge in [0, 0.05) is 39.7 Å². The summed E-state index contributed by atoms with van der Waals surface area (Å²) < 4.78 is 42.7. The third-order valence-corrected chi connectivity index (χ3v) is 5.78. The second-order valence-electron chi connectivity index (χ2n) is 6.30. The first-order valence-corrected chi connectivity index (χ1v) is 9.30. The van der Waals surface area contributed by atoms with Crippen LogP contribution in [0.15, 0.2) is 40.9 Å². The predicted octanol–water partition coefficient (Wildman–Crippen LogP) is 6.37. The normalized spacial score (nSPS) is 20.1. The number of nitro groups is 1. The zero-order valence-electron chi connectivity index (χ0n) is 13.6. The molecule has 0 aromatic heterocycles. The Hall–Kier alpha value is -1.51. The van der Waals surface area contributed by atoms with E-state index in [1.807, 2.05) is 0 Å². The molecule has 0 aliphatic carbocycles. The van der Waals surface area contributed by atoms with Gasteiger partial charge in [-0.15, -0.1) is 0 Å². The fourth-order valence-electron chi connectivity index (χ4n) is 3.34. The van der Waals surface area contributed by atoms with Gasteiger partial charge in [0.15, 0.2) is 0 Å². The van der Waals surface area contributed by atoms with Crippen LogP contribution < -0.4 is 4.90 Å². The van der Waals surface area contributed by atoms with Crippen LogP contribution in [-0.4, -0.2) is 24.2 Å². The van der Waals surface area contributed by atoms with Crippen LogP contribution in [0.3, 0.4) is 0 Å². The molecule has 1 heterocycles. The van der Waals surface area contributed by atoms with Crippen molar-refractivity contribution in [2.24, 2.45) is 0 Å². The molecule has 0 amide bonds. The molecule has 1 fully saturated rings. The molecule has 1 aliphatic heterocycles. The van der Waals surface area contributed by atoms with Crippen molar-refractivity contribution in [1.82, 2.24) is 0 Å². The minimum atomic E-state index is -4.52. The molecule has 0 bridgehead atoms. The highest BCUT2D eigenvalue weighted by atomic mass is 79.9. The summed E-state index contributed by atoms with van der Waals surface area (Å²) in [6, 6.07) is 7.95. The van der Waals surface area contributed by atoms with E-state index in [1.54, 1.807) is 4.90 Å². The summed E-state index contributed by atoms with van der Waals surface area (Å²) in [6.07, 6.45) is -4.71. The lowest BCUT2D eigenvalue weighted by atomic mass is 9.79. The Labute approximate surface area is 171 Å². The average molecular weight is 484 g/mol. The molecule has 1 aliphatic rings. The van der Waals surface area contributed by atoms with Crippen molar-refractivity contribution in [1.29, 1.82) is 0 Å². The van der Waals surface area contributed by atoms with Crippen molar-refractivity contribution in [3.05, 3.63) is 66.6 Å². The van der Waals surface area contributed by atoms with Crippen LogP contribution in [0, 0.1) is 10.1 Å². The van der Waals surface area contributed by atoms with Gasteiger partial charge in [-0.1, -0.05) is 23.2 Å². The molecule has 144 valence electrons. The topological polar surface area (TPSA) is 46.4 Å². The number of halogens is 6. The van der Waals surface area contributed by atoms with Gasteiger partial charge >= 0.3 is 6.18 Å². The zero-order valence-corrected chi connectivity index (χ0v) is 16.7. The maximum absolute atomic E-state index is 14.1. The first-order chi connectivity index (χ1) is 12.5. The van der Waals surface area contributed by atoms with Gasteiger partial charge < -0.3 is 4.90 Å². The first kappa shape index (κ1) is 20.2. The monoisotopic (exact) mass is 482 g/mol. The van der Waals surface area contributed by atoms with Crippen LogP contribution in [-0.2, 0) is 5.41 Å². The quantitative estimate of drug-likeness (QED) is 0.376. The van der Waals surface area contributed by atoms with Gasteiger partial charge in [-0.2, -0.15) is 13.2 Å². The molecule has 0 spiro atoms. The summed E-state index contributed by atoms with van der Waals surface area (Å²) in [5.41, 5.74) is -1.82. The molecule has 4 nitrogen and oxygen atoms in total. The molecule has 27 heavy (non-hydrogen) atoms. The predicted molar refractivity (Wildman–Crippen MR) is 102 cm³/mol. The Kier molecular flexibility index (Phi) is 5.35. The molecule has 0 saturated carbocycles. The number of hydrogen-bond acceptors (Lipinski definition) is 3. The van der Waals surface area contributed by atoms with Gasteiger partial charge in [0.25, 0.3) is 5.69 Å². The van der Waals surface area contributed by atoms with Crippen LogP contribution in [0.25, 0.3) is 0 Å². The van der Waals surface area contributed by atoms with Gasteiger partial charge in [-0.25, -0.2) is 0 Å². The van der Waals surface area contributed by atoms with Gasteiger partial charge in [-0.3, -0.25) is 10.1 Å². The van der Waals surface area contributed by atoms with Gasteiger partial charge in [0.1, 0.15) is 5.41 Å². The van der Waals surface area contributed by atoms with Crippen LogP contribution in [0.4, 0.5) is 24.5 Å². The van der Waals surface area contributed by atoms with E-state index in [0.29, 0.717) is 10.2 Å². The van der Waals surface area contributed by atoms with E-state index in [0.717, 1.165) is 0 Å². The maximum atomic E-state index is 14.1. The largest absolute Gasteiger partial charge is 0.400 e. The van der Waals surface area contributed by atoms with Crippen LogP contribution in [0.5, 0.6) is 0 Å². The highest BCUT2D eigenvalue weighted by Crippen LogP contribution is 2.50. The van der Waals surface area contributed by atoms with Crippen molar-refractivity contribution in [3.8, 4) is 0 Å². The third kappa shape index (κ3) is 3.75. The number of hydrogen-bond donors (Lipinski definition) is 0. The fourth-order valence-corrected chi connectivity index (χ4v) is 4.49. The second-order valence-corrected chi connectivity index (χ2v) is 8.03. The molecule has 2 aromatic carbocycles. The Morgan fingerprint density at radius 1 is 1.15 bits per heavy atom. The minimum absolute atomic E-state index is 0.00744. The molecule has 0 radical (unpaired) electrons. The molecule has 1 saturated heterocycles. The Morgan fingerprint density at radius 3 is 2.30 bits per heavy atom. The minimum Gasteiger partial charge on any atom is -0.369 e. The smallest absolute Gasteiger partial charge is 0.369 e. The van der Waals surface area contributed by atoms with E-state index in [-0.39, 0.29) is 40.8 Å². The summed E-state index contributed by atoms with van der Waals surface area (Å²) in [6.45, 7) is -0.219. The van der Waals surface area contributed by atoms with Gasteiger partial charge in [0.2, 0.25) is 0 Å². The lowest BCUT2D eigenvalue weighted by molar-refractivity contribution is -0.384. The number of nitrogens with zero attached hydrogens (tertiary/aromatic N) is 2. The third-order valence-electron chi connectivity index (χ3n) is 4.71. The number of non-ortho nitro benzene ring substituents is 1. The fraction of sp³-hybridized carbons (Fsp3) is 0.294. The summed E-state index contributed by atoms with van der Waals surface area (Å²) in [5.74, 6) is 0. The molecule has 0 N–H and O–H groups in total. The first-order valence-electron chi connectivity index (χ1n) is 7.76. The van der Waals surface area contributed by atoms with Crippen LogP contribution >= 0.6 is 39.1 Å². The van der Waals surface area contributed by atoms with Crippen molar-refractivity contribution >= 4 is 50.5 Å². The number of anilines is 1. The van der Waals surface area contributed by atoms with Crippen LogP contribution in [0.1, 0.15) is 12.0 Å². The summed E-state index contributed by atoms with van der Waals surface area (Å²) in [4.78, 5) is 11.9. The summed E-state index contributed by atoms with van der Waals surface area (Å²) in [5, 5.41) is 11.1. The van der Waals surface area contributed by atoms with E-state index in [9.17, 15) is 23.3 Å². The van der Waals surface area contributed by atoms with E-state index >= 15 is 0 Å². The zero-order chi connectivity index (χ0) is 20.0. The number of alkyl halides is 3. The summed E-state index contributed by atoms with van der Waals surface area (Å²) >= 11 is 15.1. The van der Waals surface area contributed by atoms with Gasteiger partial charge in [0.05, 0.1) is 10.6 Å². The molecule has 2 aromatic rings. The van der Waals surface area contributed by atoms with Crippen molar-refractivity contribution in [2.75, 3.05) is 18.0 Å². The van der Waals surface area contributed by atoms with Crippen molar-refractivity contribution < 1.29 is 18.1 Å². The van der Waals surface area contributed by atoms with E-state index < -0.39 is 16.5 Å². The Balaban J connectivity index is 2.02. The lowest BCUT2D eigenvalue weighted by Crippen LogP contribution is -2.45. The van der Waals surface area contributed by atoms with E-state index in [2.05, 4.69) is 15.9 Å². The highest BCUT2D eigenvalue weighted by molar-refractivity contribution is 9.10. The highest BCUT2D eigenvalue weighted by Gasteiger charge is 2.59. The van der Waals surface area contributed by atoms with E-state index in [4.69, 9.17) is 23.2 Å².